The zero-order valence-corrected chi connectivity index (χ0v) is 10.2. The molecule has 94 valence electrons. The minimum Gasteiger partial charge on any atom is -0.453 e. The molecule has 0 aliphatic heterocycles. The fourth-order valence-corrected chi connectivity index (χ4v) is 1.61. The molecule has 0 fully saturated rings. The number of rotatable bonds is 3. The van der Waals surface area contributed by atoms with Gasteiger partial charge in [-0.2, -0.15) is 5.26 Å². The SMILES string of the molecule is CC(=O)c1ccc(C#N)cc1Oc1ccccc1F. The number of hydrogen-bond acceptors (Lipinski definition) is 3. The maximum absolute atomic E-state index is 13.5. The highest BCUT2D eigenvalue weighted by Gasteiger charge is 2.12. The van der Waals surface area contributed by atoms with E-state index in [9.17, 15) is 9.18 Å². The van der Waals surface area contributed by atoms with Crippen LogP contribution < -0.4 is 4.74 Å². The largest absolute Gasteiger partial charge is 0.453 e. The first-order chi connectivity index (χ1) is 9.11. The number of ether oxygens (including phenoxy) is 1. The van der Waals surface area contributed by atoms with Gasteiger partial charge in [-0.25, -0.2) is 4.39 Å². The average Bonchev–Trinajstić information content (AvgIpc) is 2.41. The van der Waals surface area contributed by atoms with Gasteiger partial charge in [0, 0.05) is 0 Å². The number of nitriles is 1. The van der Waals surface area contributed by atoms with Crippen LogP contribution in [0.3, 0.4) is 0 Å². The summed E-state index contributed by atoms with van der Waals surface area (Å²) >= 11 is 0. The van der Waals surface area contributed by atoms with Crippen molar-refractivity contribution in [3.05, 3.63) is 59.4 Å². The minimum atomic E-state index is -0.528. The number of carbonyl (C=O) groups is 1. The number of hydrogen-bond donors (Lipinski definition) is 0. The molecule has 0 N–H and O–H groups in total. The highest BCUT2D eigenvalue weighted by Crippen LogP contribution is 2.28. The molecule has 19 heavy (non-hydrogen) atoms. The molecule has 0 bridgehead atoms. The molecule has 0 heterocycles. The van der Waals surface area contributed by atoms with E-state index in [4.69, 9.17) is 10.00 Å². The van der Waals surface area contributed by atoms with E-state index in [0.29, 0.717) is 11.1 Å². The highest BCUT2D eigenvalue weighted by atomic mass is 19.1. The number of para-hydroxylation sites is 1. The normalized spacial score (nSPS) is 9.74. The van der Waals surface area contributed by atoms with Crippen LogP contribution in [0.5, 0.6) is 11.5 Å². The lowest BCUT2D eigenvalue weighted by Crippen LogP contribution is -1.98. The van der Waals surface area contributed by atoms with E-state index in [2.05, 4.69) is 0 Å². The molecule has 4 heteroatoms. The quantitative estimate of drug-likeness (QED) is 0.786. The maximum atomic E-state index is 13.5. The summed E-state index contributed by atoms with van der Waals surface area (Å²) in [5, 5.41) is 8.85. The van der Waals surface area contributed by atoms with Gasteiger partial charge in [-0.15, -0.1) is 0 Å². The molecule has 0 unspecified atom stereocenters. The summed E-state index contributed by atoms with van der Waals surface area (Å²) in [6.07, 6.45) is 0. The standard InChI is InChI=1S/C15H10FNO2/c1-10(18)12-7-6-11(9-17)8-15(12)19-14-5-3-2-4-13(14)16/h2-8H,1H3. The van der Waals surface area contributed by atoms with Crippen LogP contribution in [-0.2, 0) is 0 Å². The van der Waals surface area contributed by atoms with E-state index in [0.717, 1.165) is 0 Å². The van der Waals surface area contributed by atoms with Crippen LogP contribution in [0.25, 0.3) is 0 Å². The van der Waals surface area contributed by atoms with Gasteiger partial charge in [0.05, 0.1) is 17.2 Å². The van der Waals surface area contributed by atoms with Gasteiger partial charge in [0.15, 0.2) is 17.3 Å². The molecule has 2 aromatic carbocycles. The molecular weight excluding hydrogens is 245 g/mol. The van der Waals surface area contributed by atoms with Crippen LogP contribution in [0.4, 0.5) is 4.39 Å². The van der Waals surface area contributed by atoms with Gasteiger partial charge in [0.1, 0.15) is 5.75 Å². The van der Waals surface area contributed by atoms with Crippen LogP contribution in [0.15, 0.2) is 42.5 Å². The average molecular weight is 255 g/mol. The third-order valence-electron chi connectivity index (χ3n) is 2.55. The second-order valence-corrected chi connectivity index (χ2v) is 3.91. The number of halogens is 1. The van der Waals surface area contributed by atoms with Crippen LogP contribution in [0, 0.1) is 17.1 Å². The summed E-state index contributed by atoms with van der Waals surface area (Å²) in [5.41, 5.74) is 0.651. The summed E-state index contributed by atoms with van der Waals surface area (Å²) < 4.78 is 18.9. The van der Waals surface area contributed by atoms with Crippen LogP contribution in [0.2, 0.25) is 0 Å². The summed E-state index contributed by atoms with van der Waals surface area (Å²) in [5.74, 6) is -0.549. The van der Waals surface area contributed by atoms with Crippen molar-refractivity contribution in [3.63, 3.8) is 0 Å². The van der Waals surface area contributed by atoms with Crippen molar-refractivity contribution >= 4 is 5.78 Å². The first-order valence-electron chi connectivity index (χ1n) is 5.59. The zero-order chi connectivity index (χ0) is 13.8. The monoisotopic (exact) mass is 255 g/mol. The molecule has 0 atom stereocenters. The molecule has 0 radical (unpaired) electrons. The van der Waals surface area contributed by atoms with E-state index in [-0.39, 0.29) is 17.3 Å². The third-order valence-corrected chi connectivity index (χ3v) is 2.55. The smallest absolute Gasteiger partial charge is 0.165 e. The lowest BCUT2D eigenvalue weighted by molar-refractivity contribution is 0.101. The second kappa shape index (κ2) is 5.32. The van der Waals surface area contributed by atoms with Crippen LogP contribution >= 0.6 is 0 Å². The van der Waals surface area contributed by atoms with E-state index >= 15 is 0 Å². The molecule has 3 nitrogen and oxygen atoms in total. The van der Waals surface area contributed by atoms with Gasteiger partial charge in [-0.1, -0.05) is 12.1 Å². The molecule has 0 saturated carbocycles. The minimum absolute atomic E-state index is 0.0140. The van der Waals surface area contributed by atoms with Gasteiger partial charge in [0.2, 0.25) is 0 Å². The molecule has 0 amide bonds. The summed E-state index contributed by atoms with van der Waals surface area (Å²) in [4.78, 5) is 11.5. The Bertz CT molecular complexity index is 674. The van der Waals surface area contributed by atoms with E-state index < -0.39 is 5.82 Å². The molecule has 2 aromatic rings. The molecule has 0 aliphatic rings. The van der Waals surface area contributed by atoms with E-state index in [1.807, 2.05) is 6.07 Å². The molecule has 0 aliphatic carbocycles. The number of carbonyl (C=O) groups excluding carboxylic acids is 1. The molecule has 2 rings (SSSR count). The topological polar surface area (TPSA) is 50.1 Å². The second-order valence-electron chi connectivity index (χ2n) is 3.91. The molecule has 0 saturated heterocycles. The molecule has 0 aromatic heterocycles. The molecular formula is C15H10FNO2. The predicted molar refractivity (Wildman–Crippen MR) is 67.6 cm³/mol. The summed E-state index contributed by atoms with van der Waals surface area (Å²) in [6, 6.07) is 12.3. The van der Waals surface area contributed by atoms with Gasteiger partial charge in [-0.3, -0.25) is 4.79 Å². The zero-order valence-electron chi connectivity index (χ0n) is 10.2. The van der Waals surface area contributed by atoms with Crippen molar-refractivity contribution in [2.45, 2.75) is 6.92 Å². The van der Waals surface area contributed by atoms with Crippen molar-refractivity contribution in [1.29, 1.82) is 5.26 Å². The van der Waals surface area contributed by atoms with Gasteiger partial charge < -0.3 is 4.74 Å². The Hall–Kier alpha value is -2.67. The lowest BCUT2D eigenvalue weighted by atomic mass is 10.1. The van der Waals surface area contributed by atoms with Crippen LogP contribution in [-0.4, -0.2) is 5.78 Å². The Morgan fingerprint density at radius 3 is 2.58 bits per heavy atom. The maximum Gasteiger partial charge on any atom is 0.165 e. The van der Waals surface area contributed by atoms with Crippen molar-refractivity contribution in [1.82, 2.24) is 0 Å². The number of nitrogens with zero attached hydrogens (tertiary/aromatic N) is 1. The Labute approximate surface area is 109 Å². The fourth-order valence-electron chi connectivity index (χ4n) is 1.61. The summed E-state index contributed by atoms with van der Waals surface area (Å²) in [6.45, 7) is 1.38. The van der Waals surface area contributed by atoms with Gasteiger partial charge >= 0.3 is 0 Å². The Kier molecular flexibility index (Phi) is 3.58. The first kappa shape index (κ1) is 12.8. The van der Waals surface area contributed by atoms with Crippen molar-refractivity contribution in [2.75, 3.05) is 0 Å². The van der Waals surface area contributed by atoms with Gasteiger partial charge in [0.25, 0.3) is 0 Å². The number of ketones is 1. The Morgan fingerprint density at radius 1 is 1.21 bits per heavy atom. The number of Topliss-reactive ketones (excluding diaryl/α,β-unsaturated/α-hetero) is 1. The highest BCUT2D eigenvalue weighted by molar-refractivity contribution is 5.97. The van der Waals surface area contributed by atoms with Gasteiger partial charge in [-0.05, 0) is 37.3 Å². The van der Waals surface area contributed by atoms with Crippen molar-refractivity contribution < 1.29 is 13.9 Å². The van der Waals surface area contributed by atoms with E-state index in [1.165, 1.54) is 37.3 Å². The van der Waals surface area contributed by atoms with Crippen molar-refractivity contribution in [2.24, 2.45) is 0 Å². The third kappa shape index (κ3) is 2.78. The van der Waals surface area contributed by atoms with E-state index in [1.54, 1.807) is 12.1 Å². The predicted octanol–water partition coefficient (Wildman–Crippen LogP) is 3.69. The fraction of sp³-hybridized carbons (Fsp3) is 0.0667. The number of benzene rings is 2. The molecule has 0 spiro atoms. The first-order valence-corrected chi connectivity index (χ1v) is 5.59. The summed E-state index contributed by atoms with van der Waals surface area (Å²) in [7, 11) is 0. The Balaban J connectivity index is 2.46. The van der Waals surface area contributed by atoms with Crippen LogP contribution in [0.1, 0.15) is 22.8 Å². The lowest BCUT2D eigenvalue weighted by Gasteiger charge is -2.10. The Morgan fingerprint density at radius 2 is 1.95 bits per heavy atom. The van der Waals surface area contributed by atoms with Crippen molar-refractivity contribution in [3.8, 4) is 17.6 Å².